The second-order valence-corrected chi connectivity index (χ2v) is 5.25. The molecule has 4 nitrogen and oxygen atoms in total. The van der Waals surface area contributed by atoms with Crippen molar-refractivity contribution < 1.29 is 4.39 Å². The van der Waals surface area contributed by atoms with E-state index in [1.165, 1.54) is 16.7 Å². The quantitative estimate of drug-likeness (QED) is 0.758. The number of nitrogens with zero attached hydrogens (tertiary/aromatic N) is 3. The summed E-state index contributed by atoms with van der Waals surface area (Å²) in [5.41, 5.74) is -0.153. The first kappa shape index (κ1) is 12.6. The van der Waals surface area contributed by atoms with Crippen LogP contribution in [0.2, 0.25) is 5.02 Å². The van der Waals surface area contributed by atoms with E-state index in [2.05, 4.69) is 0 Å². The van der Waals surface area contributed by atoms with Crippen molar-refractivity contribution in [1.29, 1.82) is 0 Å². The molecule has 1 aliphatic heterocycles. The zero-order valence-electron chi connectivity index (χ0n) is 9.97. The summed E-state index contributed by atoms with van der Waals surface area (Å²) in [6.07, 6.45) is 1.91. The van der Waals surface area contributed by atoms with Gasteiger partial charge in [-0.05, 0) is 43.3 Å². The second-order valence-electron chi connectivity index (χ2n) is 4.45. The topological polar surface area (TPSA) is 31.9 Å². The molecule has 0 bridgehead atoms. The van der Waals surface area contributed by atoms with Crippen molar-refractivity contribution in [3.05, 3.63) is 44.3 Å². The van der Waals surface area contributed by atoms with Crippen LogP contribution in [-0.4, -0.2) is 13.9 Å². The molecule has 7 heteroatoms. The van der Waals surface area contributed by atoms with E-state index in [0.717, 1.165) is 12.8 Å². The molecule has 0 N–H and O–H groups in total. The molecule has 0 saturated heterocycles. The minimum atomic E-state index is -0.552. The molecule has 1 aliphatic rings. The van der Waals surface area contributed by atoms with Gasteiger partial charge < -0.3 is 0 Å². The number of hydrogen-bond donors (Lipinski definition) is 0. The molecular weight excluding hydrogens is 289 g/mol. The standard InChI is InChI=1S/C12H11ClFN3OS/c13-8-3-4-10(9(14)7-8)17-11(18)15-5-1-2-6-16(15)12(17)19/h3-4,7H,1-2,5-6H2. The lowest BCUT2D eigenvalue weighted by Gasteiger charge is -2.14. The van der Waals surface area contributed by atoms with Crippen LogP contribution in [0, 0.1) is 10.6 Å². The van der Waals surface area contributed by atoms with Gasteiger partial charge in [-0.25, -0.2) is 18.4 Å². The van der Waals surface area contributed by atoms with Gasteiger partial charge in [0.25, 0.3) is 0 Å². The van der Waals surface area contributed by atoms with E-state index in [9.17, 15) is 9.18 Å². The van der Waals surface area contributed by atoms with Gasteiger partial charge in [0.05, 0.1) is 5.69 Å². The van der Waals surface area contributed by atoms with E-state index in [0.29, 0.717) is 17.9 Å². The predicted octanol–water partition coefficient (Wildman–Crippen LogP) is 2.76. The fourth-order valence-electron chi connectivity index (χ4n) is 2.34. The van der Waals surface area contributed by atoms with Crippen LogP contribution in [0.5, 0.6) is 0 Å². The summed E-state index contributed by atoms with van der Waals surface area (Å²) in [4.78, 5) is 12.3. The number of rotatable bonds is 1. The number of aromatic nitrogens is 3. The van der Waals surface area contributed by atoms with Crippen molar-refractivity contribution in [1.82, 2.24) is 13.9 Å². The van der Waals surface area contributed by atoms with Gasteiger partial charge in [0.2, 0.25) is 4.77 Å². The van der Waals surface area contributed by atoms with Gasteiger partial charge >= 0.3 is 5.69 Å². The zero-order valence-corrected chi connectivity index (χ0v) is 11.5. The molecule has 1 aromatic heterocycles. The summed E-state index contributed by atoms with van der Waals surface area (Å²) in [5.74, 6) is -0.552. The lowest BCUT2D eigenvalue weighted by Crippen LogP contribution is -2.29. The van der Waals surface area contributed by atoms with Crippen molar-refractivity contribution >= 4 is 23.8 Å². The smallest absolute Gasteiger partial charge is 0.256 e. The molecule has 100 valence electrons. The Kier molecular flexibility index (Phi) is 3.06. The maximum absolute atomic E-state index is 14.0. The molecule has 0 unspecified atom stereocenters. The van der Waals surface area contributed by atoms with Crippen LogP contribution in [0.15, 0.2) is 23.0 Å². The molecule has 0 radical (unpaired) electrons. The van der Waals surface area contributed by atoms with Crippen molar-refractivity contribution in [2.75, 3.05) is 0 Å². The van der Waals surface area contributed by atoms with Crippen molar-refractivity contribution in [2.45, 2.75) is 25.9 Å². The molecule has 1 aromatic carbocycles. The van der Waals surface area contributed by atoms with Crippen LogP contribution in [0.3, 0.4) is 0 Å². The van der Waals surface area contributed by atoms with E-state index in [-0.39, 0.29) is 16.4 Å². The Balaban J connectivity index is 2.29. The first-order valence-electron chi connectivity index (χ1n) is 5.97. The minimum absolute atomic E-state index is 0.147. The van der Waals surface area contributed by atoms with Crippen LogP contribution in [0.4, 0.5) is 4.39 Å². The van der Waals surface area contributed by atoms with Crippen LogP contribution in [-0.2, 0) is 13.1 Å². The summed E-state index contributed by atoms with van der Waals surface area (Å²) in [6, 6.07) is 4.20. The lowest BCUT2D eigenvalue weighted by atomic mass is 10.3. The highest BCUT2D eigenvalue weighted by atomic mass is 35.5. The van der Waals surface area contributed by atoms with E-state index in [1.54, 1.807) is 15.4 Å². The molecule has 19 heavy (non-hydrogen) atoms. The lowest BCUT2D eigenvalue weighted by molar-refractivity contribution is 0.352. The molecular formula is C12H11ClFN3OS. The Morgan fingerprint density at radius 1 is 1.21 bits per heavy atom. The molecule has 0 amide bonds. The Morgan fingerprint density at radius 2 is 1.89 bits per heavy atom. The van der Waals surface area contributed by atoms with Gasteiger partial charge in [-0.3, -0.25) is 4.68 Å². The molecule has 2 heterocycles. The third-order valence-corrected chi connectivity index (χ3v) is 3.88. The maximum Gasteiger partial charge on any atom is 0.349 e. The van der Waals surface area contributed by atoms with Crippen molar-refractivity contribution in [3.63, 3.8) is 0 Å². The summed E-state index contributed by atoms with van der Waals surface area (Å²) in [5, 5.41) is 0.289. The largest absolute Gasteiger partial charge is 0.349 e. The van der Waals surface area contributed by atoms with Gasteiger partial charge in [-0.15, -0.1) is 0 Å². The van der Waals surface area contributed by atoms with Crippen molar-refractivity contribution in [3.8, 4) is 5.69 Å². The van der Waals surface area contributed by atoms with Gasteiger partial charge in [0.15, 0.2) is 0 Å². The Hall–Kier alpha value is -1.40. The van der Waals surface area contributed by atoms with Gasteiger partial charge in [0.1, 0.15) is 5.82 Å². The van der Waals surface area contributed by atoms with E-state index >= 15 is 0 Å². The molecule has 0 aliphatic carbocycles. The van der Waals surface area contributed by atoms with Crippen LogP contribution in [0.25, 0.3) is 5.69 Å². The van der Waals surface area contributed by atoms with Crippen LogP contribution in [0.1, 0.15) is 12.8 Å². The number of hydrogen-bond acceptors (Lipinski definition) is 2. The van der Waals surface area contributed by atoms with Gasteiger partial charge in [-0.2, -0.15) is 0 Å². The third-order valence-electron chi connectivity index (χ3n) is 3.26. The average Bonchev–Trinajstić information content (AvgIpc) is 2.64. The number of halogens is 2. The van der Waals surface area contributed by atoms with Gasteiger partial charge in [-0.1, -0.05) is 11.6 Å². The van der Waals surface area contributed by atoms with Crippen LogP contribution < -0.4 is 5.69 Å². The Morgan fingerprint density at radius 3 is 2.53 bits per heavy atom. The van der Waals surface area contributed by atoms with E-state index in [1.807, 2.05) is 0 Å². The molecule has 3 rings (SSSR count). The SMILES string of the molecule is O=c1n(-c2ccc(Cl)cc2F)c(=S)n2n1CCCC2. The third kappa shape index (κ3) is 1.95. The molecule has 2 aromatic rings. The van der Waals surface area contributed by atoms with E-state index in [4.69, 9.17) is 23.8 Å². The van der Waals surface area contributed by atoms with Crippen LogP contribution >= 0.6 is 23.8 Å². The highest BCUT2D eigenvalue weighted by molar-refractivity contribution is 7.71. The fraction of sp³-hybridized carbons (Fsp3) is 0.333. The maximum atomic E-state index is 14.0. The monoisotopic (exact) mass is 299 g/mol. The van der Waals surface area contributed by atoms with Gasteiger partial charge in [0, 0.05) is 18.1 Å². The number of fused-ring (bicyclic) bond motifs is 1. The fourth-order valence-corrected chi connectivity index (χ4v) is 2.87. The minimum Gasteiger partial charge on any atom is -0.256 e. The molecule has 0 fully saturated rings. The summed E-state index contributed by atoms with van der Waals surface area (Å²) in [7, 11) is 0. The summed E-state index contributed by atoms with van der Waals surface area (Å²) >= 11 is 11.0. The Labute approximate surface area is 118 Å². The summed E-state index contributed by atoms with van der Waals surface area (Å²) < 4.78 is 18.8. The van der Waals surface area contributed by atoms with Crippen molar-refractivity contribution in [2.24, 2.45) is 0 Å². The molecule has 0 spiro atoms. The first-order chi connectivity index (χ1) is 9.09. The highest BCUT2D eigenvalue weighted by Gasteiger charge is 2.19. The highest BCUT2D eigenvalue weighted by Crippen LogP contribution is 2.18. The Bertz CT molecular complexity index is 724. The second kappa shape index (κ2) is 4.61. The number of benzene rings is 1. The zero-order chi connectivity index (χ0) is 13.6. The average molecular weight is 300 g/mol. The van der Waals surface area contributed by atoms with E-state index < -0.39 is 5.82 Å². The molecule has 0 saturated carbocycles. The first-order valence-corrected chi connectivity index (χ1v) is 6.76. The normalized spacial score (nSPS) is 14.4. The molecule has 0 atom stereocenters. The predicted molar refractivity (Wildman–Crippen MR) is 73.1 cm³/mol. The summed E-state index contributed by atoms with van der Waals surface area (Å²) in [6.45, 7) is 1.31.